The van der Waals surface area contributed by atoms with Crippen LogP contribution < -0.4 is 4.74 Å². The molecule has 64 valence electrons. The maximum Gasteiger partial charge on any atom is 0.214 e. The topological polar surface area (TPSA) is 39.2 Å². The molecule has 0 radical (unpaired) electrons. The van der Waals surface area contributed by atoms with Gasteiger partial charge in [-0.1, -0.05) is 11.8 Å². The van der Waals surface area contributed by atoms with Crippen LogP contribution in [0.1, 0.15) is 6.92 Å². The van der Waals surface area contributed by atoms with Crippen LogP contribution >= 0.6 is 11.8 Å². The van der Waals surface area contributed by atoms with Gasteiger partial charge in [0.25, 0.3) is 0 Å². The number of hydrogen-bond donors (Lipinski definition) is 0. The molecule has 0 aromatic carbocycles. The lowest BCUT2D eigenvalue weighted by Gasteiger charge is -1.99. The van der Waals surface area contributed by atoms with Crippen LogP contribution in [0.4, 0.5) is 0 Å². The van der Waals surface area contributed by atoms with Crippen LogP contribution in [0.5, 0.6) is 5.88 Å². The molecule has 0 atom stereocenters. The minimum absolute atomic E-state index is 0.0586. The number of carbonyl (C=O) groups excluding carboxylic acids is 1. The van der Waals surface area contributed by atoms with Crippen molar-refractivity contribution in [2.24, 2.45) is 0 Å². The van der Waals surface area contributed by atoms with Crippen LogP contribution in [0.25, 0.3) is 0 Å². The average molecular weight is 183 g/mol. The minimum atomic E-state index is 0.0586. The van der Waals surface area contributed by atoms with E-state index in [1.54, 1.807) is 25.4 Å². The molecule has 4 heteroatoms. The summed E-state index contributed by atoms with van der Waals surface area (Å²) in [6.45, 7) is 1.53. The van der Waals surface area contributed by atoms with Crippen molar-refractivity contribution in [3.05, 3.63) is 18.3 Å². The Kier molecular flexibility index (Phi) is 3.10. The molecule has 0 bridgehead atoms. The van der Waals surface area contributed by atoms with Crippen molar-refractivity contribution in [3.63, 3.8) is 0 Å². The molecule has 0 aliphatic carbocycles. The first kappa shape index (κ1) is 9.06. The van der Waals surface area contributed by atoms with Crippen molar-refractivity contribution >= 4 is 16.9 Å². The standard InChI is InChI=1S/C8H9NO2S/c1-6(10)12-7-3-4-9-8(5-7)11-2/h3-5H,1-2H3. The van der Waals surface area contributed by atoms with E-state index < -0.39 is 0 Å². The smallest absolute Gasteiger partial charge is 0.214 e. The molecule has 0 aliphatic heterocycles. The van der Waals surface area contributed by atoms with E-state index in [4.69, 9.17) is 4.74 Å². The van der Waals surface area contributed by atoms with Gasteiger partial charge in [0.2, 0.25) is 5.88 Å². The predicted molar refractivity (Wildman–Crippen MR) is 47.3 cm³/mol. The first-order chi connectivity index (χ1) is 5.72. The van der Waals surface area contributed by atoms with E-state index in [0.29, 0.717) is 5.88 Å². The lowest BCUT2D eigenvalue weighted by atomic mass is 10.5. The zero-order chi connectivity index (χ0) is 8.97. The Balaban J connectivity index is 2.79. The van der Waals surface area contributed by atoms with Gasteiger partial charge in [0, 0.05) is 24.1 Å². The van der Waals surface area contributed by atoms with E-state index in [1.165, 1.54) is 18.7 Å². The Morgan fingerprint density at radius 2 is 2.42 bits per heavy atom. The first-order valence-electron chi connectivity index (χ1n) is 3.41. The van der Waals surface area contributed by atoms with Gasteiger partial charge in [-0.2, -0.15) is 0 Å². The van der Waals surface area contributed by atoms with Crippen LogP contribution in [-0.4, -0.2) is 17.2 Å². The summed E-state index contributed by atoms with van der Waals surface area (Å²) in [5.74, 6) is 0.529. The average Bonchev–Trinajstić information content (AvgIpc) is 2.03. The second kappa shape index (κ2) is 4.11. The Morgan fingerprint density at radius 3 is 3.00 bits per heavy atom. The van der Waals surface area contributed by atoms with Gasteiger partial charge in [0.1, 0.15) is 0 Å². The summed E-state index contributed by atoms with van der Waals surface area (Å²) < 4.78 is 4.90. The van der Waals surface area contributed by atoms with Gasteiger partial charge in [-0.25, -0.2) is 4.98 Å². The predicted octanol–water partition coefficient (Wildman–Crippen LogP) is 1.73. The van der Waals surface area contributed by atoms with Crippen LogP contribution in [-0.2, 0) is 4.79 Å². The Hall–Kier alpha value is -1.03. The van der Waals surface area contributed by atoms with E-state index >= 15 is 0 Å². The third-order valence-corrected chi connectivity index (χ3v) is 1.95. The fraction of sp³-hybridized carbons (Fsp3) is 0.250. The largest absolute Gasteiger partial charge is 0.481 e. The molecule has 0 N–H and O–H groups in total. The summed E-state index contributed by atoms with van der Waals surface area (Å²) in [4.78, 5) is 15.5. The first-order valence-corrected chi connectivity index (χ1v) is 4.22. The summed E-state index contributed by atoms with van der Waals surface area (Å²) in [6.07, 6.45) is 1.62. The lowest BCUT2D eigenvalue weighted by Crippen LogP contribution is -1.87. The zero-order valence-electron chi connectivity index (χ0n) is 6.90. The third kappa shape index (κ3) is 2.54. The molecule has 3 nitrogen and oxygen atoms in total. The Labute approximate surface area is 75.1 Å². The number of hydrogen-bond acceptors (Lipinski definition) is 4. The highest BCUT2D eigenvalue weighted by Crippen LogP contribution is 2.20. The number of pyridine rings is 1. The van der Waals surface area contributed by atoms with Crippen molar-refractivity contribution < 1.29 is 9.53 Å². The van der Waals surface area contributed by atoms with Crippen LogP contribution in [0.15, 0.2) is 23.2 Å². The second-order valence-electron chi connectivity index (χ2n) is 2.13. The quantitative estimate of drug-likeness (QED) is 0.654. The zero-order valence-corrected chi connectivity index (χ0v) is 7.72. The molecular weight excluding hydrogens is 174 g/mol. The summed E-state index contributed by atoms with van der Waals surface area (Å²) in [5, 5.41) is 0.0586. The number of ether oxygens (including phenoxy) is 1. The number of nitrogens with zero attached hydrogens (tertiary/aromatic N) is 1. The fourth-order valence-corrected chi connectivity index (χ4v) is 1.35. The van der Waals surface area contributed by atoms with Crippen molar-refractivity contribution in [1.29, 1.82) is 0 Å². The molecule has 0 saturated heterocycles. The highest BCUT2D eigenvalue weighted by Gasteiger charge is 1.99. The van der Waals surface area contributed by atoms with Gasteiger partial charge in [-0.05, 0) is 6.07 Å². The molecule has 0 spiro atoms. The van der Waals surface area contributed by atoms with E-state index in [9.17, 15) is 4.79 Å². The van der Waals surface area contributed by atoms with Gasteiger partial charge in [0.05, 0.1) is 7.11 Å². The molecule has 1 rings (SSSR count). The van der Waals surface area contributed by atoms with Crippen molar-refractivity contribution in [2.75, 3.05) is 7.11 Å². The van der Waals surface area contributed by atoms with Crippen LogP contribution in [0.2, 0.25) is 0 Å². The maximum atomic E-state index is 10.7. The number of thioether (sulfide) groups is 1. The molecule has 12 heavy (non-hydrogen) atoms. The molecule has 1 heterocycles. The van der Waals surface area contributed by atoms with E-state index in [-0.39, 0.29) is 5.12 Å². The normalized spacial score (nSPS) is 9.50. The van der Waals surface area contributed by atoms with Crippen molar-refractivity contribution in [2.45, 2.75) is 11.8 Å². The minimum Gasteiger partial charge on any atom is -0.481 e. The van der Waals surface area contributed by atoms with Crippen LogP contribution in [0.3, 0.4) is 0 Å². The monoisotopic (exact) mass is 183 g/mol. The van der Waals surface area contributed by atoms with E-state index in [1.807, 2.05) is 0 Å². The molecule has 1 aromatic heterocycles. The van der Waals surface area contributed by atoms with Gasteiger partial charge in [0.15, 0.2) is 5.12 Å². The number of aromatic nitrogens is 1. The summed E-state index contributed by atoms with van der Waals surface area (Å²) >= 11 is 1.17. The summed E-state index contributed by atoms with van der Waals surface area (Å²) in [6, 6.07) is 3.50. The summed E-state index contributed by atoms with van der Waals surface area (Å²) in [7, 11) is 1.55. The molecule has 1 aromatic rings. The highest BCUT2D eigenvalue weighted by atomic mass is 32.2. The SMILES string of the molecule is COc1cc(SC(C)=O)ccn1. The van der Waals surface area contributed by atoms with E-state index in [0.717, 1.165) is 4.90 Å². The van der Waals surface area contributed by atoms with Gasteiger partial charge >= 0.3 is 0 Å². The van der Waals surface area contributed by atoms with Crippen molar-refractivity contribution in [1.82, 2.24) is 4.98 Å². The van der Waals surface area contributed by atoms with Crippen LogP contribution in [0, 0.1) is 0 Å². The maximum absolute atomic E-state index is 10.7. The molecule has 0 unspecified atom stereocenters. The molecular formula is C8H9NO2S. The number of methoxy groups -OCH3 is 1. The number of carbonyl (C=O) groups is 1. The third-order valence-electron chi connectivity index (χ3n) is 1.18. The second-order valence-corrected chi connectivity index (χ2v) is 3.38. The molecule has 0 amide bonds. The van der Waals surface area contributed by atoms with Gasteiger partial charge in [-0.3, -0.25) is 4.79 Å². The lowest BCUT2D eigenvalue weighted by molar-refractivity contribution is -0.109. The van der Waals surface area contributed by atoms with Crippen molar-refractivity contribution in [3.8, 4) is 5.88 Å². The Bertz CT molecular complexity index is 288. The Morgan fingerprint density at radius 1 is 1.67 bits per heavy atom. The molecule has 0 fully saturated rings. The van der Waals surface area contributed by atoms with Gasteiger partial charge in [-0.15, -0.1) is 0 Å². The summed E-state index contributed by atoms with van der Waals surface area (Å²) in [5.41, 5.74) is 0. The van der Waals surface area contributed by atoms with Gasteiger partial charge < -0.3 is 4.74 Å². The number of rotatable bonds is 2. The molecule has 0 aliphatic rings. The van der Waals surface area contributed by atoms with E-state index in [2.05, 4.69) is 4.98 Å². The highest BCUT2D eigenvalue weighted by molar-refractivity contribution is 8.13. The molecule has 0 saturated carbocycles. The fourth-order valence-electron chi connectivity index (χ4n) is 0.732.